The average Bonchev–Trinajstić information content (AvgIpc) is 2.67. The van der Waals surface area contributed by atoms with Crippen molar-refractivity contribution in [1.82, 2.24) is 15.3 Å². The number of nitrogens with zero attached hydrogens (tertiary/aromatic N) is 2. The molecule has 0 radical (unpaired) electrons. The van der Waals surface area contributed by atoms with Gasteiger partial charge in [0.05, 0.1) is 0 Å². The van der Waals surface area contributed by atoms with Crippen LogP contribution in [0.15, 0.2) is 60.9 Å². The summed E-state index contributed by atoms with van der Waals surface area (Å²) >= 11 is 5.91. The van der Waals surface area contributed by atoms with Gasteiger partial charge in [-0.25, -0.2) is 9.97 Å². The molecule has 0 bridgehead atoms. The van der Waals surface area contributed by atoms with Gasteiger partial charge < -0.3 is 10.1 Å². The van der Waals surface area contributed by atoms with Gasteiger partial charge in [0.15, 0.2) is 5.82 Å². The summed E-state index contributed by atoms with van der Waals surface area (Å²) in [6.07, 6.45) is 4.70. The summed E-state index contributed by atoms with van der Waals surface area (Å²) in [5.41, 5.74) is 3.26. The fraction of sp³-hybridized carbons (Fsp3) is 0.200. The molecule has 0 spiro atoms. The molecule has 0 saturated carbocycles. The Morgan fingerprint density at radius 2 is 1.80 bits per heavy atom. The van der Waals surface area contributed by atoms with E-state index in [0.29, 0.717) is 23.5 Å². The lowest BCUT2D eigenvalue weighted by Gasteiger charge is -2.26. The second-order valence-electron chi connectivity index (χ2n) is 6.12. The van der Waals surface area contributed by atoms with Crippen molar-refractivity contribution in [1.29, 1.82) is 0 Å². The van der Waals surface area contributed by atoms with Gasteiger partial charge in [-0.1, -0.05) is 29.8 Å². The maximum absolute atomic E-state index is 5.91. The lowest BCUT2D eigenvalue weighted by atomic mass is 10.0. The van der Waals surface area contributed by atoms with Crippen molar-refractivity contribution in [3.05, 3.63) is 77.1 Å². The number of para-hydroxylation sites is 1. The molecule has 1 N–H and O–H groups in total. The van der Waals surface area contributed by atoms with Crippen LogP contribution in [0.3, 0.4) is 0 Å². The number of benzene rings is 2. The molecule has 0 amide bonds. The van der Waals surface area contributed by atoms with Gasteiger partial charge in [0.25, 0.3) is 0 Å². The van der Waals surface area contributed by atoms with E-state index in [9.17, 15) is 0 Å². The Morgan fingerprint density at radius 1 is 1.04 bits per heavy atom. The molecule has 1 aromatic heterocycles. The Kier molecular flexibility index (Phi) is 4.63. The van der Waals surface area contributed by atoms with E-state index >= 15 is 0 Å². The number of nitrogens with one attached hydrogen (secondary N) is 1. The minimum Gasteiger partial charge on any atom is -0.492 e. The zero-order valence-corrected chi connectivity index (χ0v) is 14.4. The monoisotopic (exact) mass is 351 g/mol. The van der Waals surface area contributed by atoms with Crippen LogP contribution in [0.1, 0.15) is 11.1 Å². The van der Waals surface area contributed by atoms with Crippen molar-refractivity contribution in [3.63, 3.8) is 0 Å². The van der Waals surface area contributed by atoms with E-state index in [0.717, 1.165) is 29.8 Å². The van der Waals surface area contributed by atoms with Gasteiger partial charge in [-0.05, 0) is 42.3 Å². The van der Waals surface area contributed by atoms with Crippen LogP contribution >= 0.6 is 11.6 Å². The van der Waals surface area contributed by atoms with Crippen LogP contribution < -0.4 is 10.1 Å². The lowest BCUT2D eigenvalue weighted by molar-refractivity contribution is 0.238. The molecule has 0 aliphatic carbocycles. The Labute approximate surface area is 151 Å². The zero-order valence-electron chi connectivity index (χ0n) is 13.7. The van der Waals surface area contributed by atoms with Gasteiger partial charge in [0.2, 0.25) is 0 Å². The predicted octanol–water partition coefficient (Wildman–Crippen LogP) is 3.89. The van der Waals surface area contributed by atoms with Crippen LogP contribution in [-0.4, -0.2) is 22.6 Å². The van der Waals surface area contributed by atoms with Gasteiger partial charge in [0.1, 0.15) is 12.4 Å². The van der Waals surface area contributed by atoms with Crippen molar-refractivity contribution in [2.24, 2.45) is 0 Å². The highest BCUT2D eigenvalue weighted by Gasteiger charge is 2.18. The largest absolute Gasteiger partial charge is 0.492 e. The van der Waals surface area contributed by atoms with Crippen molar-refractivity contribution in [2.45, 2.75) is 19.0 Å². The van der Waals surface area contributed by atoms with Crippen LogP contribution in [0, 0.1) is 0 Å². The van der Waals surface area contributed by atoms with E-state index in [1.54, 1.807) is 0 Å². The van der Waals surface area contributed by atoms with Crippen molar-refractivity contribution >= 4 is 11.6 Å². The third-order valence-electron chi connectivity index (χ3n) is 4.28. The first-order chi connectivity index (χ1) is 12.3. The molecule has 1 unspecified atom stereocenters. The molecule has 5 heteroatoms. The number of ether oxygens (including phenoxy) is 1. The highest BCUT2D eigenvalue weighted by atomic mass is 35.5. The molecule has 1 aliphatic heterocycles. The molecule has 0 saturated heterocycles. The molecule has 0 fully saturated rings. The zero-order chi connectivity index (χ0) is 17.1. The Balaban J connectivity index is 1.37. The van der Waals surface area contributed by atoms with Gasteiger partial charge in [0, 0.05) is 41.1 Å². The number of aromatic nitrogens is 2. The molecule has 2 aromatic carbocycles. The van der Waals surface area contributed by atoms with Crippen LogP contribution in [0.25, 0.3) is 11.4 Å². The summed E-state index contributed by atoms with van der Waals surface area (Å²) in [5, 5.41) is 4.23. The Hall–Kier alpha value is -2.43. The second-order valence-corrected chi connectivity index (χ2v) is 6.56. The quantitative estimate of drug-likeness (QED) is 0.774. The standard InChI is InChI=1S/C20H18ClN3O/c21-17-7-5-15(6-8-17)20-23-11-14(12-24-20)10-22-18-9-16-3-1-2-4-19(16)25-13-18/h1-8,11-12,18,22H,9-10,13H2. The maximum atomic E-state index is 5.91. The molecule has 4 rings (SSSR count). The van der Waals surface area contributed by atoms with Crippen LogP contribution in [0.5, 0.6) is 5.75 Å². The van der Waals surface area contributed by atoms with Crippen LogP contribution in [-0.2, 0) is 13.0 Å². The van der Waals surface area contributed by atoms with E-state index in [1.807, 2.05) is 54.9 Å². The van der Waals surface area contributed by atoms with E-state index in [2.05, 4.69) is 21.4 Å². The number of rotatable bonds is 4. The smallest absolute Gasteiger partial charge is 0.159 e. The van der Waals surface area contributed by atoms with Gasteiger partial charge in [-0.15, -0.1) is 0 Å². The molecule has 25 heavy (non-hydrogen) atoms. The summed E-state index contributed by atoms with van der Waals surface area (Å²) in [7, 11) is 0. The van der Waals surface area contributed by atoms with E-state index in [-0.39, 0.29) is 0 Å². The van der Waals surface area contributed by atoms with E-state index < -0.39 is 0 Å². The summed E-state index contributed by atoms with van der Waals surface area (Å²) in [4.78, 5) is 8.91. The highest BCUT2D eigenvalue weighted by molar-refractivity contribution is 6.30. The normalized spacial score (nSPS) is 16.1. The fourth-order valence-electron chi connectivity index (χ4n) is 2.92. The number of halogens is 1. The molecule has 2 heterocycles. The lowest BCUT2D eigenvalue weighted by Crippen LogP contribution is -2.38. The number of hydrogen-bond acceptors (Lipinski definition) is 4. The Bertz CT molecular complexity index is 850. The third-order valence-corrected chi connectivity index (χ3v) is 4.53. The highest BCUT2D eigenvalue weighted by Crippen LogP contribution is 2.24. The average molecular weight is 352 g/mol. The predicted molar refractivity (Wildman–Crippen MR) is 98.7 cm³/mol. The van der Waals surface area contributed by atoms with Gasteiger partial charge in [-0.2, -0.15) is 0 Å². The molecular weight excluding hydrogens is 334 g/mol. The third kappa shape index (κ3) is 3.81. The summed E-state index contributed by atoms with van der Waals surface area (Å²) in [6.45, 7) is 1.40. The fourth-order valence-corrected chi connectivity index (χ4v) is 3.04. The van der Waals surface area contributed by atoms with E-state index in [1.165, 1.54) is 5.56 Å². The number of fused-ring (bicyclic) bond motifs is 1. The summed E-state index contributed by atoms with van der Waals surface area (Å²) < 4.78 is 5.81. The van der Waals surface area contributed by atoms with Gasteiger partial charge >= 0.3 is 0 Å². The van der Waals surface area contributed by atoms with Crippen molar-refractivity contribution in [2.75, 3.05) is 6.61 Å². The minimum atomic E-state index is 0.297. The molecule has 126 valence electrons. The molecule has 4 nitrogen and oxygen atoms in total. The number of hydrogen-bond donors (Lipinski definition) is 1. The first kappa shape index (κ1) is 16.1. The maximum Gasteiger partial charge on any atom is 0.159 e. The SMILES string of the molecule is Clc1ccc(-c2ncc(CNC3COc4ccccc4C3)cn2)cc1. The van der Waals surface area contributed by atoms with Crippen molar-refractivity contribution < 1.29 is 4.74 Å². The van der Waals surface area contributed by atoms with Crippen molar-refractivity contribution in [3.8, 4) is 17.1 Å². The van der Waals surface area contributed by atoms with Gasteiger partial charge in [-0.3, -0.25) is 0 Å². The molecule has 1 atom stereocenters. The minimum absolute atomic E-state index is 0.297. The molecular formula is C20H18ClN3O. The Morgan fingerprint density at radius 3 is 2.60 bits per heavy atom. The van der Waals surface area contributed by atoms with Crippen LogP contribution in [0.2, 0.25) is 5.02 Å². The molecule has 3 aromatic rings. The second kappa shape index (κ2) is 7.21. The first-order valence-corrected chi connectivity index (χ1v) is 8.67. The first-order valence-electron chi connectivity index (χ1n) is 8.29. The topological polar surface area (TPSA) is 47.0 Å². The van der Waals surface area contributed by atoms with E-state index in [4.69, 9.17) is 16.3 Å². The summed E-state index contributed by atoms with van der Waals surface area (Å²) in [6, 6.07) is 16.0. The molecule has 1 aliphatic rings. The summed E-state index contributed by atoms with van der Waals surface area (Å²) in [5.74, 6) is 1.70. The van der Waals surface area contributed by atoms with Crippen LogP contribution in [0.4, 0.5) is 0 Å².